The smallest absolute Gasteiger partial charge is 0.229 e. The second-order valence-electron chi connectivity index (χ2n) is 6.34. The molecule has 2 aromatic carbocycles. The molecule has 9 heteroatoms. The summed E-state index contributed by atoms with van der Waals surface area (Å²) in [4.78, 5) is 14.1. The molecule has 0 radical (unpaired) electrons. The van der Waals surface area contributed by atoms with Crippen molar-refractivity contribution in [3.05, 3.63) is 73.2 Å². The van der Waals surface area contributed by atoms with Crippen molar-refractivity contribution in [2.45, 2.75) is 0 Å². The van der Waals surface area contributed by atoms with Crippen LogP contribution in [0.5, 0.6) is 5.75 Å². The Bertz CT molecular complexity index is 1100. The van der Waals surface area contributed by atoms with Crippen LogP contribution < -0.4 is 20.9 Å². The van der Waals surface area contributed by atoms with Crippen LogP contribution in [-0.2, 0) is 4.84 Å². The Balaban J connectivity index is 1.55. The molecule has 0 aliphatic heterocycles. The topological polar surface area (TPSA) is 103 Å². The zero-order chi connectivity index (χ0) is 20.8. The number of anilines is 4. The molecule has 0 aliphatic rings. The van der Waals surface area contributed by atoms with Gasteiger partial charge in [-0.3, -0.25) is 0 Å². The number of para-hydroxylation sites is 1. The molecule has 4 aromatic rings. The lowest BCUT2D eigenvalue weighted by Gasteiger charge is -2.10. The summed E-state index contributed by atoms with van der Waals surface area (Å²) in [6.07, 6.45) is 5.29. The minimum Gasteiger partial charge on any atom is -0.497 e. The molecule has 4 rings (SSSR count). The molecule has 2 aromatic heterocycles. The quantitative estimate of drug-likeness (QED) is 0.388. The van der Waals surface area contributed by atoms with Crippen molar-refractivity contribution < 1.29 is 15.1 Å². The SMILES string of the molecule is CO[NH2+]c1cnc(Nc2cnn(-c3ccccc3)c2)nc1Nc1ccc(OC)cc1. The van der Waals surface area contributed by atoms with E-state index >= 15 is 0 Å². The zero-order valence-electron chi connectivity index (χ0n) is 16.6. The molecular weight excluding hydrogens is 382 g/mol. The number of hydrogen-bond donors (Lipinski definition) is 3. The molecule has 0 saturated carbocycles. The predicted molar refractivity (Wildman–Crippen MR) is 114 cm³/mol. The van der Waals surface area contributed by atoms with Crippen molar-refractivity contribution in [1.82, 2.24) is 19.7 Å². The van der Waals surface area contributed by atoms with Gasteiger partial charge < -0.3 is 15.4 Å². The van der Waals surface area contributed by atoms with Gasteiger partial charge in [-0.15, -0.1) is 0 Å². The van der Waals surface area contributed by atoms with E-state index in [-0.39, 0.29) is 0 Å². The Morgan fingerprint density at radius 3 is 2.43 bits per heavy atom. The number of nitrogens with zero attached hydrogens (tertiary/aromatic N) is 4. The summed E-state index contributed by atoms with van der Waals surface area (Å²) in [6, 6.07) is 17.4. The molecule has 152 valence electrons. The summed E-state index contributed by atoms with van der Waals surface area (Å²) in [7, 11) is 3.22. The number of rotatable bonds is 8. The lowest BCUT2D eigenvalue weighted by Crippen LogP contribution is -2.76. The van der Waals surface area contributed by atoms with Crippen LogP contribution in [0.25, 0.3) is 5.69 Å². The van der Waals surface area contributed by atoms with E-state index in [1.165, 1.54) is 0 Å². The highest BCUT2D eigenvalue weighted by Gasteiger charge is 2.13. The Morgan fingerprint density at radius 2 is 1.70 bits per heavy atom. The number of quaternary nitrogens is 1. The third-order valence-electron chi connectivity index (χ3n) is 4.27. The molecule has 0 unspecified atom stereocenters. The summed E-state index contributed by atoms with van der Waals surface area (Å²) in [5, 5.41) is 10.9. The van der Waals surface area contributed by atoms with Crippen LogP contribution in [0, 0.1) is 0 Å². The Labute approximate surface area is 173 Å². The number of nitrogens with one attached hydrogen (secondary N) is 2. The Kier molecular flexibility index (Phi) is 5.83. The molecule has 30 heavy (non-hydrogen) atoms. The van der Waals surface area contributed by atoms with Gasteiger partial charge in [-0.1, -0.05) is 18.2 Å². The maximum Gasteiger partial charge on any atom is 0.229 e. The largest absolute Gasteiger partial charge is 0.497 e. The van der Waals surface area contributed by atoms with Crippen molar-refractivity contribution in [3.8, 4) is 11.4 Å². The summed E-state index contributed by atoms with van der Waals surface area (Å²) in [6.45, 7) is 0. The molecule has 0 spiro atoms. The third-order valence-corrected chi connectivity index (χ3v) is 4.27. The maximum atomic E-state index is 5.20. The Hall–Kier alpha value is -3.95. The van der Waals surface area contributed by atoms with Crippen LogP contribution in [0.3, 0.4) is 0 Å². The fourth-order valence-corrected chi connectivity index (χ4v) is 2.81. The van der Waals surface area contributed by atoms with Gasteiger partial charge in [0.05, 0.1) is 44.2 Å². The first-order valence-corrected chi connectivity index (χ1v) is 9.26. The van der Waals surface area contributed by atoms with Gasteiger partial charge in [-0.05, 0) is 36.4 Å². The second kappa shape index (κ2) is 9.03. The van der Waals surface area contributed by atoms with Gasteiger partial charge in [0.25, 0.3) is 0 Å². The fourth-order valence-electron chi connectivity index (χ4n) is 2.81. The van der Waals surface area contributed by atoms with Crippen molar-refractivity contribution >= 4 is 28.8 Å². The monoisotopic (exact) mass is 404 g/mol. The summed E-state index contributed by atoms with van der Waals surface area (Å²) < 4.78 is 6.99. The van der Waals surface area contributed by atoms with Crippen LogP contribution in [0.1, 0.15) is 0 Å². The first kappa shape index (κ1) is 19.4. The molecule has 0 fully saturated rings. The minimum absolute atomic E-state index is 0.437. The number of nitrogens with two attached hydrogens (primary N) is 1. The van der Waals surface area contributed by atoms with E-state index in [4.69, 9.17) is 9.57 Å². The molecule has 0 amide bonds. The van der Waals surface area contributed by atoms with E-state index in [2.05, 4.69) is 25.7 Å². The fraction of sp³-hybridized carbons (Fsp3) is 0.0952. The number of benzene rings is 2. The van der Waals surface area contributed by atoms with Gasteiger partial charge in [0.1, 0.15) is 5.75 Å². The summed E-state index contributed by atoms with van der Waals surface area (Å²) in [5.74, 6) is 1.83. The summed E-state index contributed by atoms with van der Waals surface area (Å²) in [5.41, 5.74) is 4.92. The van der Waals surface area contributed by atoms with E-state index in [9.17, 15) is 0 Å². The van der Waals surface area contributed by atoms with Gasteiger partial charge in [-0.2, -0.15) is 15.6 Å². The van der Waals surface area contributed by atoms with E-state index < -0.39 is 0 Å². The normalized spacial score (nSPS) is 10.6. The van der Waals surface area contributed by atoms with E-state index in [0.29, 0.717) is 11.8 Å². The average Bonchev–Trinajstić information content (AvgIpc) is 3.25. The molecule has 0 aliphatic carbocycles. The maximum absolute atomic E-state index is 5.20. The predicted octanol–water partition coefficient (Wildman–Crippen LogP) is 2.91. The molecular formula is C21H22N7O2+. The van der Waals surface area contributed by atoms with Gasteiger partial charge >= 0.3 is 0 Å². The number of hydrogen-bond acceptors (Lipinski definition) is 7. The van der Waals surface area contributed by atoms with E-state index in [0.717, 1.165) is 28.5 Å². The molecule has 4 N–H and O–H groups in total. The van der Waals surface area contributed by atoms with Crippen molar-refractivity contribution in [2.24, 2.45) is 0 Å². The van der Waals surface area contributed by atoms with Crippen molar-refractivity contribution in [1.29, 1.82) is 0 Å². The lowest BCUT2D eigenvalue weighted by molar-refractivity contribution is -0.829. The van der Waals surface area contributed by atoms with Gasteiger partial charge in [0, 0.05) is 5.69 Å². The first-order chi connectivity index (χ1) is 14.7. The first-order valence-electron chi connectivity index (χ1n) is 9.26. The standard InChI is InChI=1S/C21H21N7O2/c1-29-18-10-8-15(9-11-18)24-20-19(27-30-2)13-22-21(26-20)25-16-12-23-28(14-16)17-6-4-3-5-7-17/h3-14,27H,1-2H3,(H2,22,24,25,26)/p+1. The van der Waals surface area contributed by atoms with Crippen LogP contribution in [0.2, 0.25) is 0 Å². The van der Waals surface area contributed by atoms with Crippen molar-refractivity contribution in [2.75, 3.05) is 24.9 Å². The highest BCUT2D eigenvalue weighted by Crippen LogP contribution is 2.24. The molecule has 0 bridgehead atoms. The highest BCUT2D eigenvalue weighted by atomic mass is 16.6. The second-order valence-corrected chi connectivity index (χ2v) is 6.34. The van der Waals surface area contributed by atoms with Crippen LogP contribution in [0.15, 0.2) is 73.2 Å². The van der Waals surface area contributed by atoms with Crippen molar-refractivity contribution in [3.63, 3.8) is 0 Å². The third kappa shape index (κ3) is 4.54. The zero-order valence-corrected chi connectivity index (χ0v) is 16.6. The highest BCUT2D eigenvalue weighted by molar-refractivity contribution is 5.67. The van der Waals surface area contributed by atoms with Gasteiger partial charge in [-0.25, -0.2) is 14.5 Å². The molecule has 2 heterocycles. The van der Waals surface area contributed by atoms with Gasteiger partial charge in [0.15, 0.2) is 0 Å². The lowest BCUT2D eigenvalue weighted by atomic mass is 10.3. The molecule has 0 atom stereocenters. The van der Waals surface area contributed by atoms with Crippen LogP contribution in [-0.4, -0.2) is 34.0 Å². The molecule has 0 saturated heterocycles. The average molecular weight is 404 g/mol. The van der Waals surface area contributed by atoms with E-state index in [1.807, 2.05) is 60.8 Å². The number of ether oxygens (including phenoxy) is 1. The minimum atomic E-state index is 0.437. The van der Waals surface area contributed by atoms with E-state index in [1.54, 1.807) is 36.8 Å². The van der Waals surface area contributed by atoms with Crippen LogP contribution in [0.4, 0.5) is 28.8 Å². The molecule has 9 nitrogen and oxygen atoms in total. The van der Waals surface area contributed by atoms with Gasteiger partial charge in [0.2, 0.25) is 17.5 Å². The number of aromatic nitrogens is 4. The van der Waals surface area contributed by atoms with Crippen LogP contribution >= 0.6 is 0 Å². The Morgan fingerprint density at radius 1 is 0.900 bits per heavy atom. The summed E-state index contributed by atoms with van der Waals surface area (Å²) >= 11 is 0. The number of methoxy groups -OCH3 is 1.